The molecular formula is C8H9N3S. The van der Waals surface area contributed by atoms with Crippen LogP contribution in [-0.2, 0) is 0 Å². The fourth-order valence-electron chi connectivity index (χ4n) is 1.42. The van der Waals surface area contributed by atoms with Crippen LogP contribution in [0.5, 0.6) is 0 Å². The summed E-state index contributed by atoms with van der Waals surface area (Å²) in [6, 6.07) is 2.64. The van der Waals surface area contributed by atoms with E-state index in [4.69, 9.17) is 5.26 Å². The average Bonchev–Trinajstić information content (AvgIpc) is 2.74. The van der Waals surface area contributed by atoms with Crippen molar-refractivity contribution in [1.82, 2.24) is 9.55 Å². The summed E-state index contributed by atoms with van der Waals surface area (Å²) >= 11 is 1.94. The van der Waals surface area contributed by atoms with E-state index in [2.05, 4.69) is 11.1 Å². The van der Waals surface area contributed by atoms with E-state index >= 15 is 0 Å². The fourth-order valence-corrected chi connectivity index (χ4v) is 2.63. The van der Waals surface area contributed by atoms with Crippen LogP contribution in [0, 0.1) is 11.3 Å². The van der Waals surface area contributed by atoms with Gasteiger partial charge in [0, 0.05) is 11.8 Å². The molecule has 2 heterocycles. The zero-order valence-electron chi connectivity index (χ0n) is 6.60. The smallest absolute Gasteiger partial charge is 0.140 e. The van der Waals surface area contributed by atoms with Gasteiger partial charge in [0.1, 0.15) is 11.8 Å². The second-order valence-corrected chi connectivity index (χ2v) is 3.97. The number of rotatable bonds is 1. The maximum absolute atomic E-state index is 8.75. The Morgan fingerprint density at radius 1 is 1.75 bits per heavy atom. The van der Waals surface area contributed by atoms with Crippen molar-refractivity contribution in [3.8, 4) is 6.07 Å². The summed E-state index contributed by atoms with van der Waals surface area (Å²) < 4.78 is 1.99. The van der Waals surface area contributed by atoms with Gasteiger partial charge in [-0.25, -0.2) is 4.98 Å². The summed E-state index contributed by atoms with van der Waals surface area (Å²) in [4.78, 5) is 3.97. The van der Waals surface area contributed by atoms with E-state index in [1.807, 2.05) is 16.3 Å². The van der Waals surface area contributed by atoms with Crippen LogP contribution in [0.25, 0.3) is 0 Å². The fraction of sp³-hybridized carbons (Fsp3) is 0.500. The molecule has 62 valence electrons. The van der Waals surface area contributed by atoms with Crippen LogP contribution in [0.3, 0.4) is 0 Å². The topological polar surface area (TPSA) is 41.6 Å². The summed E-state index contributed by atoms with van der Waals surface area (Å²) in [6.07, 6.45) is 4.55. The first-order valence-electron chi connectivity index (χ1n) is 3.91. The highest BCUT2D eigenvalue weighted by molar-refractivity contribution is 7.99. The molecule has 1 aromatic rings. The normalized spacial score (nSPS) is 22.4. The third kappa shape index (κ3) is 1.21. The third-order valence-corrected chi connectivity index (χ3v) is 3.22. The van der Waals surface area contributed by atoms with Crippen molar-refractivity contribution in [1.29, 1.82) is 5.26 Å². The third-order valence-electron chi connectivity index (χ3n) is 2.08. The van der Waals surface area contributed by atoms with Gasteiger partial charge in [0.15, 0.2) is 0 Å². The zero-order valence-corrected chi connectivity index (χ0v) is 7.42. The lowest BCUT2D eigenvalue weighted by Crippen LogP contribution is -2.08. The van der Waals surface area contributed by atoms with Crippen molar-refractivity contribution in [2.24, 2.45) is 0 Å². The van der Waals surface area contributed by atoms with Crippen LogP contribution < -0.4 is 0 Å². The monoisotopic (exact) mass is 179 g/mol. The lowest BCUT2D eigenvalue weighted by molar-refractivity contribution is 0.555. The van der Waals surface area contributed by atoms with Crippen LogP contribution in [-0.4, -0.2) is 21.1 Å². The van der Waals surface area contributed by atoms with Crippen molar-refractivity contribution in [2.45, 2.75) is 12.5 Å². The zero-order chi connectivity index (χ0) is 8.39. The van der Waals surface area contributed by atoms with Crippen LogP contribution >= 0.6 is 11.8 Å². The highest BCUT2D eigenvalue weighted by Crippen LogP contribution is 2.28. The standard InChI is InChI=1S/C8H9N3S/c9-3-8-4-10-6-11(8)7-1-2-12-5-7/h4,6-7H,1-2,5H2. The average molecular weight is 179 g/mol. The Morgan fingerprint density at radius 3 is 3.33 bits per heavy atom. The second-order valence-electron chi connectivity index (χ2n) is 2.82. The molecule has 4 heteroatoms. The number of imidazole rings is 1. The highest BCUT2D eigenvalue weighted by Gasteiger charge is 2.18. The highest BCUT2D eigenvalue weighted by atomic mass is 32.2. The van der Waals surface area contributed by atoms with Crippen molar-refractivity contribution < 1.29 is 0 Å². The van der Waals surface area contributed by atoms with Gasteiger partial charge in [0.2, 0.25) is 0 Å². The van der Waals surface area contributed by atoms with Gasteiger partial charge in [-0.1, -0.05) is 0 Å². The Kier molecular flexibility index (Phi) is 2.05. The van der Waals surface area contributed by atoms with Crippen LogP contribution in [0.1, 0.15) is 18.2 Å². The number of nitrogens with zero attached hydrogens (tertiary/aromatic N) is 3. The molecule has 0 saturated carbocycles. The van der Waals surface area contributed by atoms with E-state index < -0.39 is 0 Å². The maximum Gasteiger partial charge on any atom is 0.140 e. The van der Waals surface area contributed by atoms with Crippen LogP contribution in [0.15, 0.2) is 12.5 Å². The molecule has 1 aliphatic heterocycles. The Morgan fingerprint density at radius 2 is 2.67 bits per heavy atom. The molecule has 2 rings (SSSR count). The molecule has 1 aliphatic rings. The molecule has 3 nitrogen and oxygen atoms in total. The first kappa shape index (κ1) is 7.69. The predicted octanol–water partition coefficient (Wildman–Crippen LogP) is 1.43. The van der Waals surface area contributed by atoms with Crippen LogP contribution in [0.2, 0.25) is 0 Å². The van der Waals surface area contributed by atoms with Gasteiger partial charge in [-0.2, -0.15) is 17.0 Å². The minimum absolute atomic E-state index is 0.493. The van der Waals surface area contributed by atoms with Crippen molar-refractivity contribution >= 4 is 11.8 Å². The quantitative estimate of drug-likeness (QED) is 0.655. The molecule has 0 spiro atoms. The summed E-state index contributed by atoms with van der Waals surface area (Å²) in [5, 5.41) is 8.75. The van der Waals surface area contributed by atoms with Gasteiger partial charge in [0.25, 0.3) is 0 Å². The number of nitriles is 1. The molecule has 0 radical (unpaired) electrons. The minimum atomic E-state index is 0.493. The van der Waals surface area contributed by atoms with E-state index in [0.717, 1.165) is 12.2 Å². The van der Waals surface area contributed by atoms with Gasteiger partial charge in [-0.05, 0) is 12.2 Å². The first-order valence-corrected chi connectivity index (χ1v) is 5.07. The van der Waals surface area contributed by atoms with E-state index in [9.17, 15) is 0 Å². The Hall–Kier alpha value is -0.950. The SMILES string of the molecule is N#Cc1cncn1C1CCSC1. The number of hydrogen-bond acceptors (Lipinski definition) is 3. The molecule has 1 fully saturated rings. The van der Waals surface area contributed by atoms with Gasteiger partial charge >= 0.3 is 0 Å². The van der Waals surface area contributed by atoms with Crippen molar-refractivity contribution in [2.75, 3.05) is 11.5 Å². The van der Waals surface area contributed by atoms with Crippen LogP contribution in [0.4, 0.5) is 0 Å². The Labute approximate surface area is 75.4 Å². The lowest BCUT2D eigenvalue weighted by atomic mass is 10.2. The number of aromatic nitrogens is 2. The molecule has 1 atom stereocenters. The number of thioether (sulfide) groups is 1. The van der Waals surface area contributed by atoms with Gasteiger partial charge in [-0.3, -0.25) is 0 Å². The molecule has 0 N–H and O–H groups in total. The van der Waals surface area contributed by atoms with Gasteiger partial charge < -0.3 is 4.57 Å². The van der Waals surface area contributed by atoms with E-state index in [-0.39, 0.29) is 0 Å². The molecule has 12 heavy (non-hydrogen) atoms. The van der Waals surface area contributed by atoms with E-state index in [1.165, 1.54) is 5.75 Å². The Bertz CT molecular complexity index is 306. The van der Waals surface area contributed by atoms with Gasteiger partial charge in [0.05, 0.1) is 12.5 Å². The minimum Gasteiger partial charge on any atom is -0.318 e. The Balaban J connectivity index is 2.27. The van der Waals surface area contributed by atoms with Crippen molar-refractivity contribution in [3.63, 3.8) is 0 Å². The van der Waals surface area contributed by atoms with Crippen molar-refractivity contribution in [3.05, 3.63) is 18.2 Å². The molecule has 1 unspecified atom stereocenters. The lowest BCUT2D eigenvalue weighted by Gasteiger charge is -2.09. The number of hydrogen-bond donors (Lipinski definition) is 0. The summed E-state index contributed by atoms with van der Waals surface area (Å²) in [5.41, 5.74) is 0.683. The predicted molar refractivity (Wildman–Crippen MR) is 47.9 cm³/mol. The first-order chi connectivity index (χ1) is 5.92. The molecular weight excluding hydrogens is 170 g/mol. The molecule has 1 aromatic heterocycles. The molecule has 0 amide bonds. The van der Waals surface area contributed by atoms with Gasteiger partial charge in [-0.15, -0.1) is 0 Å². The second kappa shape index (κ2) is 3.20. The molecule has 0 aromatic carbocycles. The van der Waals surface area contributed by atoms with E-state index in [0.29, 0.717) is 11.7 Å². The summed E-state index contributed by atoms with van der Waals surface area (Å²) in [6.45, 7) is 0. The molecule has 1 saturated heterocycles. The maximum atomic E-state index is 8.75. The summed E-state index contributed by atoms with van der Waals surface area (Å²) in [5.74, 6) is 2.32. The molecule has 0 bridgehead atoms. The largest absolute Gasteiger partial charge is 0.318 e. The summed E-state index contributed by atoms with van der Waals surface area (Å²) in [7, 11) is 0. The molecule has 0 aliphatic carbocycles. The van der Waals surface area contributed by atoms with E-state index in [1.54, 1.807) is 12.5 Å².